The van der Waals surface area contributed by atoms with Gasteiger partial charge in [-0.1, -0.05) is 67.7 Å². The van der Waals surface area contributed by atoms with E-state index in [1.54, 1.807) is 6.07 Å². The molecule has 0 aliphatic heterocycles. The number of aryl methyl sites for hydroxylation is 2. The molecule has 2 aromatic carbocycles. The van der Waals surface area contributed by atoms with E-state index in [1.165, 1.54) is 44.1 Å². The van der Waals surface area contributed by atoms with Gasteiger partial charge < -0.3 is 0 Å². The lowest BCUT2D eigenvalue weighted by atomic mass is 9.85. The van der Waals surface area contributed by atoms with Gasteiger partial charge in [0.2, 0.25) is 0 Å². The predicted octanol–water partition coefficient (Wildman–Crippen LogP) is 6.05. The first-order valence-electron chi connectivity index (χ1n) is 9.08. The number of benzene rings is 2. The molecule has 3 rings (SSSR count). The summed E-state index contributed by atoms with van der Waals surface area (Å²) in [5.74, 6) is 6.64. The van der Waals surface area contributed by atoms with Gasteiger partial charge in [0.15, 0.2) is 0 Å². The van der Waals surface area contributed by atoms with E-state index in [4.69, 9.17) is 0 Å². The van der Waals surface area contributed by atoms with Gasteiger partial charge in [-0.3, -0.25) is 0 Å². The van der Waals surface area contributed by atoms with Crippen LogP contribution in [0.1, 0.15) is 60.8 Å². The standard InChI is InChI=1S/C23H25F/c1-18-7-9-20(10-8-18)13-15-22-16-14-21(17-23(22)24)12-11-19-5-3-2-4-6-19/h7-10,14,16-17,19H,2-6,11-12H2,1H3. The molecule has 0 N–H and O–H groups in total. The molecule has 2 aromatic rings. The monoisotopic (exact) mass is 320 g/mol. The van der Waals surface area contributed by atoms with Crippen LogP contribution in [-0.2, 0) is 6.42 Å². The van der Waals surface area contributed by atoms with Gasteiger partial charge in [0.05, 0.1) is 5.56 Å². The van der Waals surface area contributed by atoms with Crippen molar-refractivity contribution in [2.45, 2.75) is 51.9 Å². The maximum atomic E-state index is 14.3. The maximum Gasteiger partial charge on any atom is 0.139 e. The summed E-state index contributed by atoms with van der Waals surface area (Å²) in [6, 6.07) is 13.5. The molecule has 1 fully saturated rings. The average molecular weight is 320 g/mol. The molecule has 1 saturated carbocycles. The number of halogens is 1. The number of hydrogen-bond donors (Lipinski definition) is 0. The fourth-order valence-electron chi connectivity index (χ4n) is 3.44. The van der Waals surface area contributed by atoms with Gasteiger partial charge in [-0.2, -0.15) is 0 Å². The fraction of sp³-hybridized carbons (Fsp3) is 0.391. The molecular formula is C23H25F. The maximum absolute atomic E-state index is 14.3. The van der Waals surface area contributed by atoms with Crippen molar-refractivity contribution in [1.82, 2.24) is 0 Å². The lowest BCUT2D eigenvalue weighted by Crippen LogP contribution is -2.07. The normalized spacial score (nSPS) is 14.9. The summed E-state index contributed by atoms with van der Waals surface area (Å²) >= 11 is 0. The molecule has 1 heteroatoms. The second-order valence-corrected chi connectivity index (χ2v) is 6.97. The zero-order valence-corrected chi connectivity index (χ0v) is 14.4. The first-order chi connectivity index (χ1) is 11.7. The molecule has 24 heavy (non-hydrogen) atoms. The van der Waals surface area contributed by atoms with E-state index in [2.05, 4.69) is 11.8 Å². The van der Waals surface area contributed by atoms with Crippen LogP contribution in [0.4, 0.5) is 4.39 Å². The van der Waals surface area contributed by atoms with Gasteiger partial charge in [-0.25, -0.2) is 4.39 Å². The van der Waals surface area contributed by atoms with Crippen LogP contribution in [-0.4, -0.2) is 0 Å². The molecule has 1 aliphatic carbocycles. The van der Waals surface area contributed by atoms with Crippen molar-refractivity contribution in [2.24, 2.45) is 5.92 Å². The van der Waals surface area contributed by atoms with Crippen molar-refractivity contribution in [3.63, 3.8) is 0 Å². The van der Waals surface area contributed by atoms with Crippen LogP contribution in [0.25, 0.3) is 0 Å². The second kappa shape index (κ2) is 8.15. The largest absolute Gasteiger partial charge is 0.206 e. The first-order valence-corrected chi connectivity index (χ1v) is 9.08. The van der Waals surface area contributed by atoms with E-state index in [0.717, 1.165) is 23.5 Å². The Labute approximate surface area is 145 Å². The van der Waals surface area contributed by atoms with E-state index in [1.807, 2.05) is 43.3 Å². The molecule has 0 amide bonds. The van der Waals surface area contributed by atoms with Gasteiger partial charge in [0, 0.05) is 5.56 Å². The minimum absolute atomic E-state index is 0.198. The summed E-state index contributed by atoms with van der Waals surface area (Å²) < 4.78 is 14.3. The summed E-state index contributed by atoms with van der Waals surface area (Å²) in [4.78, 5) is 0. The fourth-order valence-corrected chi connectivity index (χ4v) is 3.44. The number of hydrogen-bond acceptors (Lipinski definition) is 0. The molecule has 0 nitrogen and oxygen atoms in total. The summed E-state index contributed by atoms with van der Waals surface area (Å²) in [5, 5.41) is 0. The molecule has 0 aromatic heterocycles. The third kappa shape index (κ3) is 4.71. The van der Waals surface area contributed by atoms with Crippen molar-refractivity contribution in [1.29, 1.82) is 0 Å². The molecule has 0 bridgehead atoms. The van der Waals surface area contributed by atoms with Gasteiger partial charge in [0.1, 0.15) is 5.82 Å². The van der Waals surface area contributed by atoms with Crippen LogP contribution in [0.3, 0.4) is 0 Å². The summed E-state index contributed by atoms with van der Waals surface area (Å²) in [7, 11) is 0. The van der Waals surface area contributed by atoms with Crippen LogP contribution in [0.5, 0.6) is 0 Å². The molecule has 1 aliphatic rings. The second-order valence-electron chi connectivity index (χ2n) is 6.97. The smallest absolute Gasteiger partial charge is 0.139 e. The predicted molar refractivity (Wildman–Crippen MR) is 98.5 cm³/mol. The van der Waals surface area contributed by atoms with Gasteiger partial charge in [-0.15, -0.1) is 0 Å². The minimum atomic E-state index is -0.198. The van der Waals surface area contributed by atoms with Crippen LogP contribution < -0.4 is 0 Å². The highest BCUT2D eigenvalue weighted by molar-refractivity contribution is 5.44. The van der Waals surface area contributed by atoms with E-state index in [9.17, 15) is 4.39 Å². The average Bonchev–Trinajstić information content (AvgIpc) is 2.61. The van der Waals surface area contributed by atoms with E-state index in [0.29, 0.717) is 5.56 Å². The Balaban J connectivity index is 1.63. The van der Waals surface area contributed by atoms with Crippen molar-refractivity contribution in [3.05, 3.63) is 70.5 Å². The Morgan fingerprint density at radius 1 is 0.958 bits per heavy atom. The third-order valence-corrected chi connectivity index (χ3v) is 4.99. The van der Waals surface area contributed by atoms with Gasteiger partial charge in [-0.05, 0) is 55.5 Å². The van der Waals surface area contributed by atoms with Crippen molar-refractivity contribution in [3.8, 4) is 11.8 Å². The van der Waals surface area contributed by atoms with Crippen molar-refractivity contribution in [2.75, 3.05) is 0 Å². The summed E-state index contributed by atoms with van der Waals surface area (Å²) in [6.07, 6.45) is 8.99. The highest BCUT2D eigenvalue weighted by Gasteiger charge is 2.13. The van der Waals surface area contributed by atoms with Gasteiger partial charge in [0.25, 0.3) is 0 Å². The Kier molecular flexibility index (Phi) is 5.70. The molecule has 124 valence electrons. The van der Waals surface area contributed by atoms with Crippen molar-refractivity contribution >= 4 is 0 Å². The Bertz CT molecular complexity index is 725. The molecule has 0 radical (unpaired) electrons. The van der Waals surface area contributed by atoms with Crippen LogP contribution in [0.2, 0.25) is 0 Å². The zero-order chi connectivity index (χ0) is 16.8. The van der Waals surface area contributed by atoms with Crippen LogP contribution >= 0.6 is 0 Å². The summed E-state index contributed by atoms with van der Waals surface area (Å²) in [5.41, 5.74) is 3.70. The zero-order valence-electron chi connectivity index (χ0n) is 14.4. The third-order valence-electron chi connectivity index (χ3n) is 4.99. The highest BCUT2D eigenvalue weighted by Crippen LogP contribution is 2.27. The van der Waals surface area contributed by atoms with E-state index < -0.39 is 0 Å². The molecule has 0 heterocycles. The van der Waals surface area contributed by atoms with Crippen LogP contribution in [0, 0.1) is 30.5 Å². The van der Waals surface area contributed by atoms with Gasteiger partial charge >= 0.3 is 0 Å². The SMILES string of the molecule is Cc1ccc(C#Cc2ccc(CCC3CCCCC3)cc2F)cc1. The lowest BCUT2D eigenvalue weighted by Gasteiger charge is -2.21. The molecule has 0 saturated heterocycles. The minimum Gasteiger partial charge on any atom is -0.206 e. The quantitative estimate of drug-likeness (QED) is 0.604. The Hall–Kier alpha value is -2.07. The first kappa shape index (κ1) is 16.8. The Morgan fingerprint density at radius 3 is 2.42 bits per heavy atom. The van der Waals surface area contributed by atoms with Crippen LogP contribution in [0.15, 0.2) is 42.5 Å². The Morgan fingerprint density at radius 2 is 1.71 bits per heavy atom. The molecule has 0 spiro atoms. The van der Waals surface area contributed by atoms with Crippen molar-refractivity contribution < 1.29 is 4.39 Å². The molecule has 0 atom stereocenters. The highest BCUT2D eigenvalue weighted by atomic mass is 19.1. The van der Waals surface area contributed by atoms with E-state index in [-0.39, 0.29) is 5.82 Å². The number of rotatable bonds is 3. The van der Waals surface area contributed by atoms with E-state index >= 15 is 0 Å². The molecular weight excluding hydrogens is 295 g/mol. The summed E-state index contributed by atoms with van der Waals surface area (Å²) in [6.45, 7) is 2.04. The topological polar surface area (TPSA) is 0 Å². The molecule has 0 unspecified atom stereocenters. The lowest BCUT2D eigenvalue weighted by molar-refractivity contribution is 0.339.